The fraction of sp³-hybridized carbons (Fsp3) is 0.600. The molecule has 1 aromatic heterocycles. The van der Waals surface area contributed by atoms with Crippen LogP contribution in [-0.2, 0) is 17.8 Å². The number of rotatable bonds is 5. The Kier molecular flexibility index (Phi) is 7.42. The van der Waals surface area contributed by atoms with Crippen molar-refractivity contribution in [1.29, 1.82) is 0 Å². The zero-order valence-corrected chi connectivity index (χ0v) is 19.8. The molecule has 2 aliphatic rings. The van der Waals surface area contributed by atoms with E-state index in [4.69, 9.17) is 4.98 Å². The third-order valence-electron chi connectivity index (χ3n) is 6.86. The Hall–Kier alpha value is -2.74. The van der Waals surface area contributed by atoms with Crippen LogP contribution in [0.15, 0.2) is 23.0 Å². The molecule has 8 nitrogen and oxygen atoms in total. The molecule has 2 aliphatic heterocycles. The van der Waals surface area contributed by atoms with Crippen molar-refractivity contribution in [3.8, 4) is 0 Å². The first kappa shape index (κ1) is 23.4. The molecule has 0 bridgehead atoms. The second-order valence-corrected chi connectivity index (χ2v) is 9.33. The Morgan fingerprint density at radius 2 is 1.82 bits per heavy atom. The first-order chi connectivity index (χ1) is 16.0. The van der Waals surface area contributed by atoms with Gasteiger partial charge in [-0.1, -0.05) is 19.8 Å². The highest BCUT2D eigenvalue weighted by molar-refractivity contribution is 5.97. The molecule has 1 atom stereocenters. The van der Waals surface area contributed by atoms with Gasteiger partial charge in [-0.15, -0.1) is 0 Å². The fourth-order valence-corrected chi connectivity index (χ4v) is 4.65. The van der Waals surface area contributed by atoms with Gasteiger partial charge in [-0.25, -0.2) is 4.98 Å². The number of nitrogens with zero attached hydrogens (tertiary/aromatic N) is 4. The lowest BCUT2D eigenvalue weighted by Gasteiger charge is -2.34. The number of hydrogen-bond donors (Lipinski definition) is 1. The van der Waals surface area contributed by atoms with Gasteiger partial charge in [-0.05, 0) is 44.4 Å². The van der Waals surface area contributed by atoms with Gasteiger partial charge in [0, 0.05) is 50.7 Å². The van der Waals surface area contributed by atoms with Crippen molar-refractivity contribution in [1.82, 2.24) is 24.7 Å². The summed E-state index contributed by atoms with van der Waals surface area (Å²) in [5.41, 5.74) is 1.17. The Morgan fingerprint density at radius 3 is 2.58 bits per heavy atom. The van der Waals surface area contributed by atoms with Crippen molar-refractivity contribution < 1.29 is 9.59 Å². The zero-order chi connectivity index (χ0) is 23.4. The van der Waals surface area contributed by atoms with Gasteiger partial charge in [0.15, 0.2) is 0 Å². The van der Waals surface area contributed by atoms with Crippen LogP contribution in [0.2, 0.25) is 0 Å². The van der Waals surface area contributed by atoms with E-state index in [0.717, 1.165) is 50.9 Å². The van der Waals surface area contributed by atoms with Crippen molar-refractivity contribution in [2.24, 2.45) is 0 Å². The molecule has 2 amide bonds. The zero-order valence-electron chi connectivity index (χ0n) is 19.8. The predicted octanol–water partition coefficient (Wildman–Crippen LogP) is 2.19. The second-order valence-electron chi connectivity index (χ2n) is 9.33. The number of carbonyl (C=O) groups excluding carboxylic acids is 2. The molecular weight excluding hydrogens is 418 g/mol. The van der Waals surface area contributed by atoms with Gasteiger partial charge < -0.3 is 10.2 Å². The maximum Gasteiger partial charge on any atom is 0.261 e. The molecule has 0 spiro atoms. The third-order valence-corrected chi connectivity index (χ3v) is 6.86. The SMILES string of the molecule is CCC(C)NC(=O)CN1CCN(C(=O)c2ccc3c(=O)n4c(nc3c2)CCCCCC4)CC1. The summed E-state index contributed by atoms with van der Waals surface area (Å²) in [4.78, 5) is 47.0. The summed E-state index contributed by atoms with van der Waals surface area (Å²) in [5.74, 6) is 0.821. The maximum absolute atomic E-state index is 13.1. The summed E-state index contributed by atoms with van der Waals surface area (Å²) >= 11 is 0. The van der Waals surface area contributed by atoms with E-state index in [9.17, 15) is 14.4 Å². The summed E-state index contributed by atoms with van der Waals surface area (Å²) in [7, 11) is 0. The molecule has 3 heterocycles. The lowest BCUT2D eigenvalue weighted by Crippen LogP contribution is -2.51. The Balaban J connectivity index is 1.44. The summed E-state index contributed by atoms with van der Waals surface area (Å²) < 4.78 is 1.82. The Bertz CT molecular complexity index is 1070. The number of carbonyl (C=O) groups is 2. The van der Waals surface area contributed by atoms with Crippen molar-refractivity contribution in [3.63, 3.8) is 0 Å². The molecule has 1 saturated heterocycles. The average Bonchev–Trinajstić information content (AvgIpc) is 2.80. The summed E-state index contributed by atoms with van der Waals surface area (Å²) in [5, 5.41) is 3.57. The van der Waals surface area contributed by atoms with Crippen molar-refractivity contribution in [3.05, 3.63) is 39.9 Å². The molecule has 0 aliphatic carbocycles. The van der Waals surface area contributed by atoms with Gasteiger partial charge in [0.2, 0.25) is 5.91 Å². The third kappa shape index (κ3) is 5.43. The largest absolute Gasteiger partial charge is 0.353 e. The number of aryl methyl sites for hydroxylation is 1. The van der Waals surface area contributed by atoms with Gasteiger partial charge >= 0.3 is 0 Å². The molecule has 8 heteroatoms. The average molecular weight is 454 g/mol. The minimum atomic E-state index is -0.0470. The first-order valence-corrected chi connectivity index (χ1v) is 12.3. The second kappa shape index (κ2) is 10.5. The normalized spacial score (nSPS) is 18.3. The molecule has 1 unspecified atom stereocenters. The topological polar surface area (TPSA) is 87.5 Å². The molecule has 178 valence electrons. The number of amides is 2. The van der Waals surface area contributed by atoms with E-state index < -0.39 is 0 Å². The van der Waals surface area contributed by atoms with Crippen LogP contribution in [0, 0.1) is 0 Å². The Labute approximate surface area is 195 Å². The molecule has 1 aromatic carbocycles. The molecule has 4 rings (SSSR count). The number of nitrogens with one attached hydrogen (secondary N) is 1. The summed E-state index contributed by atoms with van der Waals surface area (Å²) in [6.45, 7) is 7.62. The van der Waals surface area contributed by atoms with E-state index in [-0.39, 0.29) is 23.4 Å². The maximum atomic E-state index is 13.1. The standard InChI is InChI=1S/C25H35N5O3/c1-3-18(2)26-23(31)17-28-12-14-29(15-13-28)24(32)19-9-10-20-21(16-19)27-22-8-6-4-5-7-11-30(22)25(20)33/h9-10,16,18H,3-8,11-15,17H2,1-2H3,(H,26,31). The number of fused-ring (bicyclic) bond motifs is 2. The lowest BCUT2D eigenvalue weighted by atomic mass is 10.1. The van der Waals surface area contributed by atoms with E-state index in [2.05, 4.69) is 10.2 Å². The van der Waals surface area contributed by atoms with Crippen LogP contribution in [0.25, 0.3) is 10.9 Å². The monoisotopic (exact) mass is 453 g/mol. The van der Waals surface area contributed by atoms with Crippen LogP contribution in [0.5, 0.6) is 0 Å². The summed E-state index contributed by atoms with van der Waals surface area (Å²) in [6, 6.07) is 5.44. The highest BCUT2D eigenvalue weighted by atomic mass is 16.2. The van der Waals surface area contributed by atoms with E-state index in [0.29, 0.717) is 49.2 Å². The smallest absolute Gasteiger partial charge is 0.261 e. The molecule has 33 heavy (non-hydrogen) atoms. The number of piperazine rings is 1. The molecule has 1 fully saturated rings. The van der Waals surface area contributed by atoms with Crippen LogP contribution in [0.3, 0.4) is 0 Å². The minimum absolute atomic E-state index is 0.000168. The van der Waals surface area contributed by atoms with Gasteiger partial charge in [0.05, 0.1) is 17.4 Å². The van der Waals surface area contributed by atoms with Gasteiger partial charge in [0.25, 0.3) is 11.5 Å². The summed E-state index contributed by atoms with van der Waals surface area (Å²) in [6.07, 6.45) is 6.06. The minimum Gasteiger partial charge on any atom is -0.353 e. The van der Waals surface area contributed by atoms with Crippen molar-refractivity contribution in [2.75, 3.05) is 32.7 Å². The van der Waals surface area contributed by atoms with Crippen LogP contribution in [0.4, 0.5) is 0 Å². The fourth-order valence-electron chi connectivity index (χ4n) is 4.65. The lowest BCUT2D eigenvalue weighted by molar-refractivity contribution is -0.123. The van der Waals surface area contributed by atoms with Gasteiger partial charge in [-0.3, -0.25) is 23.9 Å². The van der Waals surface area contributed by atoms with Crippen LogP contribution in [0.1, 0.15) is 62.1 Å². The van der Waals surface area contributed by atoms with E-state index in [1.54, 1.807) is 18.2 Å². The van der Waals surface area contributed by atoms with Gasteiger partial charge in [0.1, 0.15) is 5.82 Å². The van der Waals surface area contributed by atoms with Gasteiger partial charge in [-0.2, -0.15) is 0 Å². The van der Waals surface area contributed by atoms with Crippen LogP contribution in [-0.4, -0.2) is 69.9 Å². The number of hydrogen-bond acceptors (Lipinski definition) is 5. The van der Waals surface area contributed by atoms with E-state index in [1.165, 1.54) is 0 Å². The molecule has 2 aromatic rings. The molecule has 1 N–H and O–H groups in total. The van der Waals surface area contributed by atoms with E-state index in [1.807, 2.05) is 23.3 Å². The van der Waals surface area contributed by atoms with Crippen LogP contribution < -0.4 is 10.9 Å². The van der Waals surface area contributed by atoms with E-state index >= 15 is 0 Å². The highest BCUT2D eigenvalue weighted by Gasteiger charge is 2.24. The predicted molar refractivity (Wildman–Crippen MR) is 128 cm³/mol. The van der Waals surface area contributed by atoms with Crippen molar-refractivity contribution in [2.45, 2.75) is 65.0 Å². The Morgan fingerprint density at radius 1 is 1.06 bits per heavy atom. The van der Waals surface area contributed by atoms with Crippen LogP contribution >= 0.6 is 0 Å². The molecule has 0 radical (unpaired) electrons. The highest BCUT2D eigenvalue weighted by Crippen LogP contribution is 2.18. The quantitative estimate of drug-likeness (QED) is 0.750. The number of aromatic nitrogens is 2. The van der Waals surface area contributed by atoms with Crippen molar-refractivity contribution >= 4 is 22.7 Å². The molecule has 0 saturated carbocycles. The molecular formula is C25H35N5O3. The first-order valence-electron chi connectivity index (χ1n) is 12.3. The number of benzene rings is 1.